The molecule has 0 fully saturated rings. The molecular weight excluding hydrogens is 366 g/mol. The van der Waals surface area contributed by atoms with Gasteiger partial charge in [-0.05, 0) is 23.9 Å². The number of carbonyl (C=O) groups excluding carboxylic acids is 1. The van der Waals surface area contributed by atoms with Crippen LogP contribution >= 0.6 is 22.9 Å². The van der Waals surface area contributed by atoms with E-state index in [2.05, 4.69) is 14.7 Å². The number of amides is 1. The number of anilines is 1. The standard InChI is InChI=1S/C15H13N3O3S3/c1-10-4-6-11(7-5-10)9-24(20,21)15-17-14(23-18-15)16-13(19)12-3-2-8-22-12/h2-8H,9H2,1H3,(H,16,17,18,19). The first-order chi connectivity index (χ1) is 11.4. The lowest BCUT2D eigenvalue weighted by Gasteiger charge is -2.01. The summed E-state index contributed by atoms with van der Waals surface area (Å²) in [6.07, 6.45) is 0. The summed E-state index contributed by atoms with van der Waals surface area (Å²) >= 11 is 2.14. The van der Waals surface area contributed by atoms with Crippen molar-refractivity contribution in [3.05, 3.63) is 57.8 Å². The number of aryl methyl sites for hydroxylation is 1. The number of benzene rings is 1. The lowest BCUT2D eigenvalue weighted by Crippen LogP contribution is -2.11. The number of nitrogens with zero attached hydrogens (tertiary/aromatic N) is 2. The quantitative estimate of drug-likeness (QED) is 0.736. The Labute approximate surface area is 147 Å². The maximum Gasteiger partial charge on any atom is 0.267 e. The van der Waals surface area contributed by atoms with Gasteiger partial charge in [-0.2, -0.15) is 9.36 Å². The van der Waals surface area contributed by atoms with E-state index in [1.165, 1.54) is 11.3 Å². The second-order valence-corrected chi connectivity index (χ2v) is 8.64. The highest BCUT2D eigenvalue weighted by Crippen LogP contribution is 2.20. The Hall–Kier alpha value is -2.10. The van der Waals surface area contributed by atoms with Crippen LogP contribution in [0.5, 0.6) is 0 Å². The smallest absolute Gasteiger partial charge is 0.267 e. The summed E-state index contributed by atoms with van der Waals surface area (Å²) in [7, 11) is -3.66. The summed E-state index contributed by atoms with van der Waals surface area (Å²) in [6.45, 7) is 1.93. The molecule has 1 aromatic carbocycles. The zero-order valence-corrected chi connectivity index (χ0v) is 15.0. The van der Waals surface area contributed by atoms with Gasteiger partial charge in [0.25, 0.3) is 11.1 Å². The van der Waals surface area contributed by atoms with Gasteiger partial charge in [0.05, 0.1) is 10.6 Å². The van der Waals surface area contributed by atoms with Crippen molar-refractivity contribution >= 4 is 43.7 Å². The molecule has 0 radical (unpaired) electrons. The van der Waals surface area contributed by atoms with Crippen LogP contribution in [-0.2, 0) is 15.6 Å². The first kappa shape index (κ1) is 16.7. The maximum atomic E-state index is 12.4. The van der Waals surface area contributed by atoms with Crippen molar-refractivity contribution < 1.29 is 13.2 Å². The Kier molecular flexibility index (Phi) is 4.74. The van der Waals surface area contributed by atoms with Crippen LogP contribution in [0.3, 0.4) is 0 Å². The average molecular weight is 379 g/mol. The fraction of sp³-hybridized carbons (Fsp3) is 0.133. The maximum absolute atomic E-state index is 12.4. The molecule has 2 aromatic heterocycles. The molecular formula is C15H13N3O3S3. The van der Waals surface area contributed by atoms with Crippen LogP contribution in [0.4, 0.5) is 5.13 Å². The zero-order chi connectivity index (χ0) is 17.2. The van der Waals surface area contributed by atoms with Crippen molar-refractivity contribution in [2.45, 2.75) is 17.8 Å². The number of hydrogen-bond acceptors (Lipinski definition) is 7. The van der Waals surface area contributed by atoms with Crippen molar-refractivity contribution in [3.63, 3.8) is 0 Å². The van der Waals surface area contributed by atoms with Gasteiger partial charge < -0.3 is 0 Å². The van der Waals surface area contributed by atoms with Crippen LogP contribution in [0.2, 0.25) is 0 Å². The third-order valence-corrected chi connectivity index (χ3v) is 6.20. The van der Waals surface area contributed by atoms with E-state index in [1.807, 2.05) is 19.1 Å². The van der Waals surface area contributed by atoms with Crippen LogP contribution in [0.1, 0.15) is 20.8 Å². The Balaban J connectivity index is 1.74. The SMILES string of the molecule is Cc1ccc(CS(=O)(=O)c2nsc(NC(=O)c3cccs3)n2)cc1. The molecule has 1 N–H and O–H groups in total. The van der Waals surface area contributed by atoms with Gasteiger partial charge in [-0.1, -0.05) is 35.9 Å². The van der Waals surface area contributed by atoms with E-state index in [-0.39, 0.29) is 21.9 Å². The number of rotatable bonds is 5. The normalized spacial score (nSPS) is 11.4. The second-order valence-electron chi connectivity index (χ2n) is 5.06. The van der Waals surface area contributed by atoms with Crippen LogP contribution in [-0.4, -0.2) is 23.7 Å². The highest BCUT2D eigenvalue weighted by atomic mass is 32.2. The van der Waals surface area contributed by atoms with Crippen molar-refractivity contribution in [2.75, 3.05) is 5.32 Å². The second kappa shape index (κ2) is 6.80. The summed E-state index contributed by atoms with van der Waals surface area (Å²) in [5.74, 6) is -0.508. The highest BCUT2D eigenvalue weighted by molar-refractivity contribution is 7.90. The molecule has 9 heteroatoms. The molecule has 1 amide bonds. The van der Waals surface area contributed by atoms with Gasteiger partial charge in [0.2, 0.25) is 15.0 Å². The lowest BCUT2D eigenvalue weighted by atomic mass is 10.2. The minimum atomic E-state index is -3.66. The predicted molar refractivity (Wildman–Crippen MR) is 94.3 cm³/mol. The lowest BCUT2D eigenvalue weighted by molar-refractivity contribution is 0.103. The molecule has 0 spiro atoms. The van der Waals surface area contributed by atoms with Gasteiger partial charge in [-0.15, -0.1) is 11.3 Å². The van der Waals surface area contributed by atoms with E-state index in [4.69, 9.17) is 0 Å². The minimum Gasteiger partial charge on any atom is -0.296 e. The molecule has 2 heterocycles. The summed E-state index contributed by atoms with van der Waals surface area (Å²) in [5, 5.41) is 4.24. The van der Waals surface area contributed by atoms with E-state index in [9.17, 15) is 13.2 Å². The average Bonchev–Trinajstić information content (AvgIpc) is 3.20. The van der Waals surface area contributed by atoms with E-state index < -0.39 is 9.84 Å². The number of nitrogens with one attached hydrogen (secondary N) is 1. The molecule has 3 aromatic rings. The van der Waals surface area contributed by atoms with Gasteiger partial charge in [-0.3, -0.25) is 10.1 Å². The Morgan fingerprint density at radius 2 is 1.96 bits per heavy atom. The number of aromatic nitrogens is 2. The van der Waals surface area contributed by atoms with Crippen molar-refractivity contribution in [1.82, 2.24) is 9.36 Å². The van der Waals surface area contributed by atoms with Gasteiger partial charge in [0, 0.05) is 11.5 Å². The molecule has 0 unspecified atom stereocenters. The molecule has 6 nitrogen and oxygen atoms in total. The first-order valence-corrected chi connectivity index (χ1v) is 10.2. The first-order valence-electron chi connectivity index (χ1n) is 6.91. The van der Waals surface area contributed by atoms with Gasteiger partial charge in [-0.25, -0.2) is 8.42 Å². The van der Waals surface area contributed by atoms with Crippen molar-refractivity contribution in [3.8, 4) is 0 Å². The summed E-state index contributed by atoms with van der Waals surface area (Å²) < 4.78 is 28.6. The molecule has 0 aliphatic heterocycles. The molecule has 3 rings (SSSR count). The molecule has 24 heavy (non-hydrogen) atoms. The Morgan fingerprint density at radius 3 is 2.62 bits per heavy atom. The van der Waals surface area contributed by atoms with Crippen molar-refractivity contribution in [2.24, 2.45) is 0 Å². The third kappa shape index (κ3) is 3.86. The fourth-order valence-corrected chi connectivity index (χ4v) is 4.63. The monoisotopic (exact) mass is 379 g/mol. The van der Waals surface area contributed by atoms with Crippen molar-refractivity contribution in [1.29, 1.82) is 0 Å². The van der Waals surface area contributed by atoms with E-state index in [1.54, 1.807) is 29.6 Å². The molecule has 0 bridgehead atoms. The van der Waals surface area contributed by atoms with Crippen LogP contribution in [0.25, 0.3) is 0 Å². The Morgan fingerprint density at radius 1 is 1.21 bits per heavy atom. The number of carbonyl (C=O) groups is 1. The minimum absolute atomic E-state index is 0.163. The zero-order valence-electron chi connectivity index (χ0n) is 12.6. The molecule has 0 saturated heterocycles. The summed E-state index contributed by atoms with van der Waals surface area (Å²) in [5.41, 5.74) is 1.72. The summed E-state index contributed by atoms with van der Waals surface area (Å²) in [6, 6.07) is 10.7. The van der Waals surface area contributed by atoms with Gasteiger partial charge in [0.15, 0.2) is 0 Å². The number of thiophene rings is 1. The van der Waals surface area contributed by atoms with Gasteiger partial charge >= 0.3 is 0 Å². The van der Waals surface area contributed by atoms with Crippen LogP contribution in [0.15, 0.2) is 46.9 Å². The van der Waals surface area contributed by atoms with E-state index in [0.29, 0.717) is 10.4 Å². The van der Waals surface area contributed by atoms with Gasteiger partial charge in [0.1, 0.15) is 0 Å². The van der Waals surface area contributed by atoms with E-state index in [0.717, 1.165) is 17.1 Å². The molecule has 124 valence electrons. The largest absolute Gasteiger partial charge is 0.296 e. The summed E-state index contributed by atoms with van der Waals surface area (Å²) in [4.78, 5) is 16.4. The molecule has 0 aliphatic rings. The third-order valence-electron chi connectivity index (χ3n) is 3.13. The molecule has 0 atom stereocenters. The van der Waals surface area contributed by atoms with Crippen LogP contribution in [0, 0.1) is 6.92 Å². The number of hydrogen-bond donors (Lipinski definition) is 1. The fourth-order valence-electron chi connectivity index (χ4n) is 1.92. The Bertz CT molecular complexity index is 946. The predicted octanol–water partition coefficient (Wildman–Crippen LogP) is 3.13. The van der Waals surface area contributed by atoms with E-state index >= 15 is 0 Å². The molecule has 0 saturated carbocycles. The highest BCUT2D eigenvalue weighted by Gasteiger charge is 2.22. The topological polar surface area (TPSA) is 89.0 Å². The molecule has 0 aliphatic carbocycles. The number of sulfone groups is 1. The van der Waals surface area contributed by atoms with Crippen LogP contribution < -0.4 is 5.32 Å².